The highest BCUT2D eigenvalue weighted by Crippen LogP contribution is 1.98. The van der Waals surface area contributed by atoms with Crippen LogP contribution in [0.1, 0.15) is 26.7 Å². The molecule has 0 aliphatic carbocycles. The third kappa shape index (κ3) is 4.24. The van der Waals surface area contributed by atoms with Crippen molar-refractivity contribution in [3.63, 3.8) is 0 Å². The molecule has 1 atom stereocenters. The number of rotatable bonds is 6. The molecule has 4 nitrogen and oxygen atoms in total. The van der Waals surface area contributed by atoms with E-state index in [0.717, 1.165) is 0 Å². The fourth-order valence-corrected chi connectivity index (χ4v) is 1.09. The quantitative estimate of drug-likeness (QED) is 0.614. The van der Waals surface area contributed by atoms with Gasteiger partial charge in [0.25, 0.3) is 0 Å². The minimum atomic E-state index is -0.390. The SMILES string of the molecule is CCC(N)C(=O)N(CC)CCCO. The Morgan fingerprint density at radius 2 is 2.15 bits per heavy atom. The van der Waals surface area contributed by atoms with Gasteiger partial charge in [0.15, 0.2) is 0 Å². The highest BCUT2D eigenvalue weighted by atomic mass is 16.3. The third-order valence-corrected chi connectivity index (χ3v) is 2.04. The minimum absolute atomic E-state index is 0.0153. The Labute approximate surface area is 79.7 Å². The van der Waals surface area contributed by atoms with Crippen LogP contribution < -0.4 is 5.73 Å². The van der Waals surface area contributed by atoms with Gasteiger partial charge in [-0.2, -0.15) is 0 Å². The Morgan fingerprint density at radius 3 is 2.54 bits per heavy atom. The zero-order valence-corrected chi connectivity index (χ0v) is 8.49. The number of aliphatic hydroxyl groups is 1. The number of nitrogens with zero attached hydrogens (tertiary/aromatic N) is 1. The zero-order valence-electron chi connectivity index (χ0n) is 8.49. The van der Waals surface area contributed by atoms with E-state index in [9.17, 15) is 4.79 Å². The lowest BCUT2D eigenvalue weighted by atomic mass is 10.2. The smallest absolute Gasteiger partial charge is 0.239 e. The summed E-state index contributed by atoms with van der Waals surface area (Å²) in [7, 11) is 0. The number of hydrogen-bond acceptors (Lipinski definition) is 3. The molecule has 0 spiro atoms. The maximum Gasteiger partial charge on any atom is 0.239 e. The Kier molecular flexibility index (Phi) is 6.54. The molecule has 0 saturated carbocycles. The van der Waals surface area contributed by atoms with Crippen LogP contribution in [0.2, 0.25) is 0 Å². The fourth-order valence-electron chi connectivity index (χ4n) is 1.09. The molecule has 0 aliphatic heterocycles. The van der Waals surface area contributed by atoms with Crippen LogP contribution in [0.5, 0.6) is 0 Å². The molecule has 0 aromatic rings. The molecule has 0 bridgehead atoms. The summed E-state index contributed by atoms with van der Waals surface area (Å²) in [5.41, 5.74) is 5.61. The van der Waals surface area contributed by atoms with Crippen LogP contribution in [0, 0.1) is 0 Å². The molecule has 1 amide bonds. The lowest BCUT2D eigenvalue weighted by molar-refractivity contribution is -0.132. The lowest BCUT2D eigenvalue weighted by Crippen LogP contribution is -2.43. The van der Waals surface area contributed by atoms with E-state index in [1.807, 2.05) is 13.8 Å². The first-order valence-electron chi connectivity index (χ1n) is 4.82. The highest BCUT2D eigenvalue weighted by molar-refractivity contribution is 5.81. The van der Waals surface area contributed by atoms with Gasteiger partial charge in [0, 0.05) is 19.7 Å². The molecule has 4 heteroatoms. The van der Waals surface area contributed by atoms with E-state index in [1.54, 1.807) is 4.90 Å². The average Bonchev–Trinajstić information content (AvgIpc) is 2.17. The van der Waals surface area contributed by atoms with E-state index >= 15 is 0 Å². The number of nitrogens with two attached hydrogens (primary N) is 1. The van der Waals surface area contributed by atoms with Crippen LogP contribution in [0.25, 0.3) is 0 Å². The maximum absolute atomic E-state index is 11.5. The molecule has 0 saturated heterocycles. The molecule has 0 radical (unpaired) electrons. The van der Waals surface area contributed by atoms with Crippen molar-refractivity contribution in [2.24, 2.45) is 5.73 Å². The van der Waals surface area contributed by atoms with Crippen molar-refractivity contribution in [1.82, 2.24) is 4.90 Å². The normalized spacial score (nSPS) is 12.6. The molecule has 0 heterocycles. The van der Waals surface area contributed by atoms with Gasteiger partial charge in [-0.05, 0) is 19.8 Å². The minimum Gasteiger partial charge on any atom is -0.396 e. The van der Waals surface area contributed by atoms with Crippen molar-refractivity contribution in [2.45, 2.75) is 32.7 Å². The average molecular weight is 188 g/mol. The van der Waals surface area contributed by atoms with Gasteiger partial charge in [-0.25, -0.2) is 0 Å². The topological polar surface area (TPSA) is 66.6 Å². The Bertz CT molecular complexity index is 151. The van der Waals surface area contributed by atoms with Gasteiger partial charge in [0.05, 0.1) is 6.04 Å². The van der Waals surface area contributed by atoms with E-state index in [0.29, 0.717) is 25.9 Å². The van der Waals surface area contributed by atoms with Crippen molar-refractivity contribution in [3.05, 3.63) is 0 Å². The zero-order chi connectivity index (χ0) is 10.3. The van der Waals surface area contributed by atoms with Gasteiger partial charge in [0.1, 0.15) is 0 Å². The second-order valence-corrected chi connectivity index (χ2v) is 3.01. The van der Waals surface area contributed by atoms with Crippen molar-refractivity contribution >= 4 is 5.91 Å². The van der Waals surface area contributed by atoms with Crippen LogP contribution in [-0.2, 0) is 4.79 Å². The Hall–Kier alpha value is -0.610. The molecule has 0 rings (SSSR count). The van der Waals surface area contributed by atoms with Crippen molar-refractivity contribution < 1.29 is 9.90 Å². The number of carbonyl (C=O) groups is 1. The van der Waals surface area contributed by atoms with Crippen LogP contribution in [-0.4, -0.2) is 41.7 Å². The van der Waals surface area contributed by atoms with Crippen LogP contribution in [0.15, 0.2) is 0 Å². The predicted octanol–water partition coefficient (Wildman–Crippen LogP) is -0.0454. The third-order valence-electron chi connectivity index (χ3n) is 2.04. The van der Waals surface area contributed by atoms with Crippen LogP contribution >= 0.6 is 0 Å². The molecular weight excluding hydrogens is 168 g/mol. The first-order valence-corrected chi connectivity index (χ1v) is 4.82. The standard InChI is InChI=1S/C9H20N2O2/c1-3-8(10)9(13)11(4-2)6-5-7-12/h8,12H,3-7,10H2,1-2H3. The van der Waals surface area contributed by atoms with E-state index < -0.39 is 6.04 Å². The second-order valence-electron chi connectivity index (χ2n) is 3.01. The Balaban J connectivity index is 3.98. The number of aliphatic hydroxyl groups excluding tert-OH is 1. The van der Waals surface area contributed by atoms with Crippen LogP contribution in [0.3, 0.4) is 0 Å². The molecule has 0 aromatic carbocycles. The van der Waals surface area contributed by atoms with E-state index in [4.69, 9.17) is 10.8 Å². The van der Waals surface area contributed by atoms with Gasteiger partial charge < -0.3 is 15.7 Å². The molecule has 13 heavy (non-hydrogen) atoms. The lowest BCUT2D eigenvalue weighted by Gasteiger charge is -2.23. The summed E-state index contributed by atoms with van der Waals surface area (Å²) in [6.45, 7) is 5.18. The summed E-state index contributed by atoms with van der Waals surface area (Å²) < 4.78 is 0. The van der Waals surface area contributed by atoms with Gasteiger partial charge in [-0.15, -0.1) is 0 Å². The molecule has 0 aliphatic rings. The monoisotopic (exact) mass is 188 g/mol. The summed E-state index contributed by atoms with van der Waals surface area (Å²) in [6.07, 6.45) is 1.28. The van der Waals surface area contributed by atoms with E-state index in [-0.39, 0.29) is 12.5 Å². The first kappa shape index (κ1) is 12.4. The summed E-state index contributed by atoms with van der Waals surface area (Å²) in [5.74, 6) is -0.0153. The second kappa shape index (κ2) is 6.86. The van der Waals surface area contributed by atoms with Crippen molar-refractivity contribution in [2.75, 3.05) is 19.7 Å². The largest absolute Gasteiger partial charge is 0.396 e. The molecule has 78 valence electrons. The van der Waals surface area contributed by atoms with Crippen LogP contribution in [0.4, 0.5) is 0 Å². The molecule has 0 fully saturated rings. The number of amides is 1. The summed E-state index contributed by atoms with van der Waals surface area (Å²) >= 11 is 0. The number of likely N-dealkylation sites (N-methyl/N-ethyl adjacent to an activating group) is 1. The number of carbonyl (C=O) groups excluding carboxylic acids is 1. The molecule has 0 aromatic heterocycles. The summed E-state index contributed by atoms with van der Waals surface area (Å²) in [4.78, 5) is 13.2. The van der Waals surface area contributed by atoms with Crippen molar-refractivity contribution in [1.29, 1.82) is 0 Å². The van der Waals surface area contributed by atoms with Gasteiger partial charge in [-0.3, -0.25) is 4.79 Å². The van der Waals surface area contributed by atoms with Crippen molar-refractivity contribution in [3.8, 4) is 0 Å². The molecule has 1 unspecified atom stereocenters. The Morgan fingerprint density at radius 1 is 1.54 bits per heavy atom. The molecule has 3 N–H and O–H groups in total. The highest BCUT2D eigenvalue weighted by Gasteiger charge is 2.17. The van der Waals surface area contributed by atoms with Gasteiger partial charge >= 0.3 is 0 Å². The van der Waals surface area contributed by atoms with Gasteiger partial charge in [0.2, 0.25) is 5.91 Å². The number of hydrogen-bond donors (Lipinski definition) is 2. The van der Waals surface area contributed by atoms with Gasteiger partial charge in [-0.1, -0.05) is 6.92 Å². The molecular formula is C9H20N2O2. The maximum atomic E-state index is 11.5. The summed E-state index contributed by atoms with van der Waals surface area (Å²) in [6, 6.07) is -0.390. The first-order chi connectivity index (χ1) is 6.17. The summed E-state index contributed by atoms with van der Waals surface area (Å²) in [5, 5.41) is 8.62. The fraction of sp³-hybridized carbons (Fsp3) is 0.889. The van der Waals surface area contributed by atoms with E-state index in [1.165, 1.54) is 0 Å². The predicted molar refractivity (Wildman–Crippen MR) is 52.2 cm³/mol. The van der Waals surface area contributed by atoms with E-state index in [2.05, 4.69) is 0 Å².